The lowest BCUT2D eigenvalue weighted by atomic mass is 10.00. The minimum Gasteiger partial charge on any atom is -0.539 e. The summed E-state index contributed by atoms with van der Waals surface area (Å²) < 4.78 is 6.34. The summed E-state index contributed by atoms with van der Waals surface area (Å²) in [5, 5.41) is 23.6. The van der Waals surface area contributed by atoms with Gasteiger partial charge in [0.2, 0.25) is 0 Å². The summed E-state index contributed by atoms with van der Waals surface area (Å²) in [7, 11) is 0. The molecule has 1 aliphatic rings. The molecule has 0 saturated heterocycles. The molecule has 0 unspecified atom stereocenters. The van der Waals surface area contributed by atoms with Gasteiger partial charge in [-0.15, -0.1) is 24.8 Å². The van der Waals surface area contributed by atoms with E-state index in [1.807, 2.05) is 12.2 Å². The number of aromatic nitrogens is 2. The molecule has 6 nitrogen and oxygen atoms in total. The van der Waals surface area contributed by atoms with Crippen LogP contribution in [-0.4, -0.2) is 35.5 Å². The third-order valence-corrected chi connectivity index (χ3v) is 3.50. The van der Waals surface area contributed by atoms with Crippen molar-refractivity contribution < 1.29 is 14.3 Å². The smallest absolute Gasteiger partial charge is 0.265 e. The van der Waals surface area contributed by atoms with Gasteiger partial charge in [-0.3, -0.25) is 4.90 Å². The Bertz CT molecular complexity index is 551. The van der Waals surface area contributed by atoms with Crippen LogP contribution in [0.15, 0.2) is 22.8 Å². The van der Waals surface area contributed by atoms with Crippen LogP contribution in [0.1, 0.15) is 26.0 Å². The Kier molecular flexibility index (Phi) is 9.01. The van der Waals surface area contributed by atoms with E-state index in [0.717, 1.165) is 19.6 Å². The Morgan fingerprint density at radius 2 is 2.05 bits per heavy atom. The highest BCUT2D eigenvalue weighted by Gasteiger charge is 2.25. The van der Waals surface area contributed by atoms with E-state index in [9.17, 15) is 5.11 Å². The quantitative estimate of drug-likeness (QED) is 0.791. The second-order valence-corrected chi connectivity index (χ2v) is 4.65. The summed E-state index contributed by atoms with van der Waals surface area (Å²) in [4.78, 5) is 2.25. The summed E-state index contributed by atoms with van der Waals surface area (Å²) in [5.41, 5.74) is 1.41. The predicted octanol–water partition coefficient (Wildman–Crippen LogP) is 1.58. The minimum absolute atomic E-state index is 0. The van der Waals surface area contributed by atoms with Crippen molar-refractivity contribution in [3.05, 3.63) is 23.9 Å². The second-order valence-electron chi connectivity index (χ2n) is 4.65. The predicted molar refractivity (Wildman–Crippen MR) is 87.9 cm³/mol. The van der Waals surface area contributed by atoms with Crippen LogP contribution in [0.25, 0.3) is 5.57 Å². The first-order valence-electron chi connectivity index (χ1n) is 6.91. The molecule has 1 heterocycles. The van der Waals surface area contributed by atoms with Crippen LogP contribution >= 0.6 is 24.8 Å². The zero-order valence-corrected chi connectivity index (χ0v) is 14.4. The summed E-state index contributed by atoms with van der Waals surface area (Å²) >= 11 is 0. The van der Waals surface area contributed by atoms with E-state index in [4.69, 9.17) is 9.93 Å². The van der Waals surface area contributed by atoms with Crippen molar-refractivity contribution in [1.82, 2.24) is 10.2 Å². The van der Waals surface area contributed by atoms with Gasteiger partial charge in [0.15, 0.2) is 12.5 Å². The fourth-order valence-electron chi connectivity index (χ4n) is 2.24. The van der Waals surface area contributed by atoms with E-state index in [0.29, 0.717) is 29.9 Å². The first kappa shape index (κ1) is 20.6. The molecule has 1 aromatic heterocycles. The van der Waals surface area contributed by atoms with Crippen molar-refractivity contribution in [2.24, 2.45) is 0 Å². The zero-order chi connectivity index (χ0) is 14.5. The number of nitrogens with zero attached hydrogens (tertiary/aromatic N) is 3. The molecule has 1 N–H and O–H groups in total. The average molecular weight is 349 g/mol. The number of halogens is 2. The van der Waals surface area contributed by atoms with Gasteiger partial charge in [0, 0.05) is 12.1 Å². The van der Waals surface area contributed by atoms with Crippen molar-refractivity contribution in [3.8, 4) is 5.95 Å². The van der Waals surface area contributed by atoms with Crippen LogP contribution in [0.3, 0.4) is 0 Å². The maximum atomic E-state index is 11.8. The van der Waals surface area contributed by atoms with E-state index in [1.165, 1.54) is 0 Å². The van der Waals surface area contributed by atoms with Crippen LogP contribution < -0.4 is 9.79 Å². The minimum atomic E-state index is -0.476. The van der Waals surface area contributed by atoms with E-state index in [2.05, 4.69) is 24.0 Å². The number of likely N-dealkylation sites (N-methyl/N-ethyl adjacent to an activating group) is 1. The van der Waals surface area contributed by atoms with Crippen molar-refractivity contribution in [1.29, 1.82) is 5.41 Å². The highest BCUT2D eigenvalue weighted by atomic mass is 35.5. The van der Waals surface area contributed by atoms with Crippen molar-refractivity contribution in [2.75, 3.05) is 19.6 Å². The van der Waals surface area contributed by atoms with Crippen molar-refractivity contribution in [2.45, 2.75) is 26.8 Å². The number of hydrogen-bond donors (Lipinski definition) is 1. The van der Waals surface area contributed by atoms with E-state index in [-0.39, 0.29) is 24.8 Å². The molecule has 8 heteroatoms. The van der Waals surface area contributed by atoms with Gasteiger partial charge in [-0.2, -0.15) is 0 Å². The highest BCUT2D eigenvalue weighted by molar-refractivity contribution is 6.23. The number of allylic oxidation sites excluding steroid dienone is 4. The molecule has 0 bridgehead atoms. The third-order valence-electron chi connectivity index (χ3n) is 3.50. The van der Waals surface area contributed by atoms with Crippen LogP contribution in [0.4, 0.5) is 0 Å². The summed E-state index contributed by atoms with van der Waals surface area (Å²) in [6.45, 7) is 7.48. The molecule has 0 radical (unpaired) electrons. The Hall–Kier alpha value is -1.37. The number of nitrogens with one attached hydrogen (secondary N) is 1. The molecule has 22 heavy (non-hydrogen) atoms. The summed E-state index contributed by atoms with van der Waals surface area (Å²) in [6, 6.07) is 0. The fourth-order valence-corrected chi connectivity index (χ4v) is 2.24. The molecule has 124 valence electrons. The Morgan fingerprint density at radius 1 is 1.36 bits per heavy atom. The van der Waals surface area contributed by atoms with E-state index in [1.54, 1.807) is 10.8 Å². The molecule has 1 aliphatic carbocycles. The molecule has 0 fully saturated rings. The van der Waals surface area contributed by atoms with Crippen LogP contribution in [0, 0.1) is 5.41 Å². The van der Waals surface area contributed by atoms with E-state index < -0.39 is 5.95 Å². The maximum Gasteiger partial charge on any atom is 0.265 e. The van der Waals surface area contributed by atoms with Crippen molar-refractivity contribution in [3.63, 3.8) is 0 Å². The molecule has 0 aromatic carbocycles. The molecule has 0 aliphatic heterocycles. The van der Waals surface area contributed by atoms with Crippen LogP contribution in [0.2, 0.25) is 0 Å². The summed E-state index contributed by atoms with van der Waals surface area (Å²) in [5.74, 6) is -0.476. The van der Waals surface area contributed by atoms with Gasteiger partial charge in [0.1, 0.15) is 0 Å². The monoisotopic (exact) mass is 348 g/mol. The number of rotatable bonds is 6. The molecule has 0 amide bonds. The highest BCUT2D eigenvalue weighted by Crippen LogP contribution is 2.23. The SMILES string of the molecule is CCN(CC)CC[n+]1noc([O-])c1C1=CC=CCC1=N.Cl.Cl. The second kappa shape index (κ2) is 9.61. The maximum absolute atomic E-state index is 11.8. The Labute approximate surface area is 142 Å². The summed E-state index contributed by atoms with van der Waals surface area (Å²) in [6.07, 6.45) is 6.05. The lowest BCUT2D eigenvalue weighted by Gasteiger charge is -2.15. The fraction of sp³-hybridized carbons (Fsp3) is 0.500. The van der Waals surface area contributed by atoms with Gasteiger partial charge in [0.05, 0.1) is 17.4 Å². The topological polar surface area (TPSA) is 80.1 Å². The Balaban J connectivity index is 0.00000220. The standard InChI is InChI=1S/C14H20N4O2.2ClH/c1-3-17(4-2)9-10-18-13(14(19)20-16-18)11-7-5-6-8-12(11)15;;/h5-7,15H,3-4,8-10H2,1-2H3;2*1H. The molecular formula is C14H22Cl2N4O2. The van der Waals surface area contributed by atoms with Gasteiger partial charge < -0.3 is 15.0 Å². The number of hydrogen-bond acceptors (Lipinski definition) is 5. The normalized spacial score (nSPS) is 13.6. The Morgan fingerprint density at radius 3 is 2.64 bits per heavy atom. The molecule has 2 rings (SSSR count). The average Bonchev–Trinajstić information content (AvgIpc) is 2.82. The molecule has 1 aromatic rings. The van der Waals surface area contributed by atoms with E-state index >= 15 is 0 Å². The third kappa shape index (κ3) is 4.56. The van der Waals surface area contributed by atoms with Gasteiger partial charge in [0.25, 0.3) is 5.69 Å². The molecular weight excluding hydrogens is 327 g/mol. The lowest BCUT2D eigenvalue weighted by molar-refractivity contribution is -0.763. The molecule has 0 saturated carbocycles. The van der Waals surface area contributed by atoms with Gasteiger partial charge in [-0.05, 0) is 19.2 Å². The van der Waals surface area contributed by atoms with Crippen LogP contribution in [-0.2, 0) is 6.54 Å². The van der Waals surface area contributed by atoms with Crippen LogP contribution in [0.5, 0.6) is 5.95 Å². The lowest BCUT2D eigenvalue weighted by Crippen LogP contribution is -2.45. The van der Waals surface area contributed by atoms with Gasteiger partial charge in [-0.25, -0.2) is 0 Å². The van der Waals surface area contributed by atoms with Gasteiger partial charge in [-0.1, -0.05) is 30.7 Å². The largest absolute Gasteiger partial charge is 0.539 e. The first-order valence-corrected chi connectivity index (χ1v) is 6.91. The van der Waals surface area contributed by atoms with Gasteiger partial charge >= 0.3 is 0 Å². The first-order chi connectivity index (χ1) is 9.67. The molecule has 0 spiro atoms. The molecule has 0 atom stereocenters. The van der Waals surface area contributed by atoms with Crippen molar-refractivity contribution >= 4 is 36.1 Å². The zero-order valence-electron chi connectivity index (χ0n) is 12.7.